The molecule has 0 aliphatic carbocycles. The van der Waals surface area contributed by atoms with Gasteiger partial charge < -0.3 is 15.0 Å². The highest BCUT2D eigenvalue weighted by molar-refractivity contribution is 5.75. The maximum atomic E-state index is 8.68. The maximum absolute atomic E-state index is 8.68. The van der Waals surface area contributed by atoms with Crippen LogP contribution in [0.4, 0.5) is 0 Å². The highest BCUT2D eigenvalue weighted by Gasteiger charge is 2.05. The predicted molar refractivity (Wildman–Crippen MR) is 73.6 cm³/mol. The molecular formula is C14H21N3O. The van der Waals surface area contributed by atoms with Crippen molar-refractivity contribution in [3.05, 3.63) is 30.1 Å². The number of fused-ring (bicyclic) bond motifs is 1. The van der Waals surface area contributed by atoms with Gasteiger partial charge in [0.2, 0.25) is 0 Å². The third-order valence-electron chi connectivity index (χ3n) is 3.17. The molecule has 0 fully saturated rings. The second-order valence-electron chi connectivity index (χ2n) is 4.51. The number of benzene rings is 1. The minimum Gasteiger partial charge on any atom is -0.396 e. The van der Waals surface area contributed by atoms with Crippen molar-refractivity contribution < 1.29 is 5.11 Å². The molecular weight excluding hydrogens is 226 g/mol. The van der Waals surface area contributed by atoms with E-state index in [9.17, 15) is 0 Å². The van der Waals surface area contributed by atoms with Crippen molar-refractivity contribution >= 4 is 11.0 Å². The molecule has 2 N–H and O–H groups in total. The number of aromatic nitrogens is 2. The standard InChI is InChI=1S/C14H21N3O/c1-17-13-7-3-2-6-12(13)16-14(17)8-10-15-9-4-5-11-18/h2-3,6-7,15,18H,4-5,8-11H2,1H3. The second kappa shape index (κ2) is 6.52. The van der Waals surface area contributed by atoms with E-state index in [0.29, 0.717) is 0 Å². The third-order valence-corrected chi connectivity index (χ3v) is 3.17. The minimum atomic E-state index is 0.284. The third kappa shape index (κ3) is 3.09. The molecule has 0 aliphatic rings. The lowest BCUT2D eigenvalue weighted by Gasteiger charge is -2.04. The van der Waals surface area contributed by atoms with Crippen LogP contribution in [0.3, 0.4) is 0 Å². The lowest BCUT2D eigenvalue weighted by atomic mass is 10.3. The molecule has 0 saturated heterocycles. The first-order chi connectivity index (χ1) is 8.83. The lowest BCUT2D eigenvalue weighted by Crippen LogP contribution is -2.20. The number of hydrogen-bond acceptors (Lipinski definition) is 3. The number of aliphatic hydroxyl groups excluding tert-OH is 1. The summed E-state index contributed by atoms with van der Waals surface area (Å²) in [5.74, 6) is 1.12. The van der Waals surface area contributed by atoms with Gasteiger partial charge in [-0.05, 0) is 31.5 Å². The summed E-state index contributed by atoms with van der Waals surface area (Å²) in [4.78, 5) is 4.63. The van der Waals surface area contributed by atoms with Crippen molar-refractivity contribution in [3.63, 3.8) is 0 Å². The molecule has 4 heteroatoms. The Hall–Kier alpha value is -1.39. The quantitative estimate of drug-likeness (QED) is 0.729. The molecule has 0 spiro atoms. The molecule has 1 aromatic carbocycles. The van der Waals surface area contributed by atoms with Gasteiger partial charge in [0, 0.05) is 26.6 Å². The largest absolute Gasteiger partial charge is 0.396 e. The Kier molecular flexibility index (Phi) is 4.73. The Bertz CT molecular complexity index is 493. The van der Waals surface area contributed by atoms with Gasteiger partial charge in [0.15, 0.2) is 0 Å². The van der Waals surface area contributed by atoms with Gasteiger partial charge in [-0.15, -0.1) is 0 Å². The van der Waals surface area contributed by atoms with Crippen LogP contribution in [0, 0.1) is 0 Å². The molecule has 0 atom stereocenters. The Balaban J connectivity index is 1.86. The van der Waals surface area contributed by atoms with Crippen LogP contribution >= 0.6 is 0 Å². The molecule has 0 saturated carbocycles. The monoisotopic (exact) mass is 247 g/mol. The topological polar surface area (TPSA) is 50.1 Å². The highest BCUT2D eigenvalue weighted by Crippen LogP contribution is 2.14. The van der Waals surface area contributed by atoms with Crippen molar-refractivity contribution in [2.75, 3.05) is 19.7 Å². The average Bonchev–Trinajstić information content (AvgIpc) is 2.71. The second-order valence-corrected chi connectivity index (χ2v) is 4.51. The van der Waals surface area contributed by atoms with Crippen LogP contribution in [0.15, 0.2) is 24.3 Å². The molecule has 1 aromatic heterocycles. The number of imidazole rings is 1. The molecule has 2 rings (SSSR count). The fourth-order valence-corrected chi connectivity index (χ4v) is 2.11. The summed E-state index contributed by atoms with van der Waals surface area (Å²) >= 11 is 0. The number of aryl methyl sites for hydroxylation is 1. The van der Waals surface area contributed by atoms with E-state index in [1.54, 1.807) is 0 Å². The van der Waals surface area contributed by atoms with Crippen molar-refractivity contribution in [1.82, 2.24) is 14.9 Å². The van der Waals surface area contributed by atoms with Crippen molar-refractivity contribution in [2.24, 2.45) is 7.05 Å². The lowest BCUT2D eigenvalue weighted by molar-refractivity contribution is 0.284. The molecule has 0 radical (unpaired) electrons. The molecule has 18 heavy (non-hydrogen) atoms. The summed E-state index contributed by atoms with van der Waals surface area (Å²) in [5, 5.41) is 12.1. The van der Waals surface area contributed by atoms with E-state index in [2.05, 4.69) is 28.0 Å². The molecule has 0 bridgehead atoms. The Morgan fingerprint density at radius 3 is 2.83 bits per heavy atom. The first kappa shape index (κ1) is 13.1. The van der Waals surface area contributed by atoms with Crippen LogP contribution < -0.4 is 5.32 Å². The molecule has 0 aliphatic heterocycles. The number of hydrogen-bond donors (Lipinski definition) is 2. The Morgan fingerprint density at radius 2 is 2.06 bits per heavy atom. The van der Waals surface area contributed by atoms with Gasteiger partial charge in [-0.3, -0.25) is 0 Å². The maximum Gasteiger partial charge on any atom is 0.110 e. The summed E-state index contributed by atoms with van der Waals surface area (Å²) in [6.07, 6.45) is 2.84. The fourth-order valence-electron chi connectivity index (χ4n) is 2.11. The minimum absolute atomic E-state index is 0.284. The highest BCUT2D eigenvalue weighted by atomic mass is 16.2. The zero-order valence-electron chi connectivity index (χ0n) is 10.9. The zero-order chi connectivity index (χ0) is 12.8. The van der Waals surface area contributed by atoms with Crippen molar-refractivity contribution in [1.29, 1.82) is 0 Å². The van der Waals surface area contributed by atoms with Crippen LogP contribution in [0.25, 0.3) is 11.0 Å². The number of nitrogens with one attached hydrogen (secondary N) is 1. The van der Waals surface area contributed by atoms with Crippen LogP contribution in [-0.4, -0.2) is 34.4 Å². The van der Waals surface area contributed by atoms with Crippen molar-refractivity contribution in [2.45, 2.75) is 19.3 Å². The van der Waals surface area contributed by atoms with Crippen LogP contribution in [0.2, 0.25) is 0 Å². The first-order valence-corrected chi connectivity index (χ1v) is 6.55. The predicted octanol–water partition coefficient (Wildman–Crippen LogP) is 1.48. The molecule has 0 unspecified atom stereocenters. The average molecular weight is 247 g/mol. The van der Waals surface area contributed by atoms with E-state index >= 15 is 0 Å². The number of para-hydroxylation sites is 2. The van der Waals surface area contributed by atoms with Gasteiger partial charge in [0.25, 0.3) is 0 Å². The molecule has 1 heterocycles. The van der Waals surface area contributed by atoms with Gasteiger partial charge in [0.05, 0.1) is 11.0 Å². The molecule has 4 nitrogen and oxygen atoms in total. The van der Waals surface area contributed by atoms with E-state index in [4.69, 9.17) is 5.11 Å². The summed E-state index contributed by atoms with van der Waals surface area (Å²) in [5.41, 5.74) is 2.25. The number of aliphatic hydroxyl groups is 1. The van der Waals surface area contributed by atoms with Gasteiger partial charge in [0.1, 0.15) is 5.82 Å². The van der Waals surface area contributed by atoms with Gasteiger partial charge in [-0.2, -0.15) is 0 Å². The molecule has 98 valence electrons. The van der Waals surface area contributed by atoms with Gasteiger partial charge in [-0.25, -0.2) is 4.98 Å². The molecule has 2 aromatic rings. The fraction of sp³-hybridized carbons (Fsp3) is 0.500. The zero-order valence-corrected chi connectivity index (χ0v) is 10.9. The first-order valence-electron chi connectivity index (χ1n) is 6.55. The summed E-state index contributed by atoms with van der Waals surface area (Å²) in [6.45, 7) is 2.18. The molecule has 0 amide bonds. The number of rotatable bonds is 7. The van der Waals surface area contributed by atoms with Gasteiger partial charge in [-0.1, -0.05) is 12.1 Å². The van der Waals surface area contributed by atoms with E-state index in [0.717, 1.165) is 43.7 Å². The SMILES string of the molecule is Cn1c(CCNCCCCO)nc2ccccc21. The van der Waals surface area contributed by atoms with Crippen LogP contribution in [0.1, 0.15) is 18.7 Å². The summed E-state index contributed by atoms with van der Waals surface area (Å²) in [6, 6.07) is 8.21. The van der Waals surface area contributed by atoms with E-state index in [-0.39, 0.29) is 6.61 Å². The summed E-state index contributed by atoms with van der Waals surface area (Å²) in [7, 11) is 2.07. The normalized spacial score (nSPS) is 11.2. The van der Waals surface area contributed by atoms with Gasteiger partial charge >= 0.3 is 0 Å². The smallest absolute Gasteiger partial charge is 0.110 e. The van der Waals surface area contributed by atoms with Crippen LogP contribution in [0.5, 0.6) is 0 Å². The Labute approximate surface area is 108 Å². The van der Waals surface area contributed by atoms with E-state index in [1.807, 2.05) is 18.2 Å². The van der Waals surface area contributed by atoms with E-state index in [1.165, 1.54) is 5.52 Å². The number of nitrogens with zero attached hydrogens (tertiary/aromatic N) is 2. The summed E-state index contributed by atoms with van der Waals surface area (Å²) < 4.78 is 2.16. The van der Waals surface area contributed by atoms with E-state index < -0.39 is 0 Å². The van der Waals surface area contributed by atoms with Crippen LogP contribution in [-0.2, 0) is 13.5 Å². The Morgan fingerprint density at radius 1 is 1.22 bits per heavy atom. The number of unbranched alkanes of at least 4 members (excludes halogenated alkanes) is 1. The van der Waals surface area contributed by atoms with Crippen molar-refractivity contribution in [3.8, 4) is 0 Å².